The Morgan fingerprint density at radius 2 is 1.65 bits per heavy atom. The SMILES string of the molecule is Cc1ccc(C)c(C(=O)Cc2ccc(C(C)C)cc2)c1. The molecule has 2 aromatic carbocycles. The van der Waals surface area contributed by atoms with Crippen molar-refractivity contribution in [1.29, 1.82) is 0 Å². The van der Waals surface area contributed by atoms with Crippen molar-refractivity contribution in [3.05, 3.63) is 70.3 Å². The molecule has 0 aliphatic rings. The number of rotatable bonds is 4. The molecule has 0 saturated carbocycles. The van der Waals surface area contributed by atoms with Gasteiger partial charge in [0.1, 0.15) is 0 Å². The molecule has 2 rings (SSSR count). The maximum Gasteiger partial charge on any atom is 0.167 e. The zero-order chi connectivity index (χ0) is 14.7. The topological polar surface area (TPSA) is 17.1 Å². The van der Waals surface area contributed by atoms with Gasteiger partial charge in [0.15, 0.2) is 5.78 Å². The van der Waals surface area contributed by atoms with Gasteiger partial charge in [0.25, 0.3) is 0 Å². The molecule has 0 atom stereocenters. The standard InChI is InChI=1S/C19H22O/c1-13(2)17-9-7-16(8-10-17)12-19(20)18-11-14(3)5-6-15(18)4/h5-11,13H,12H2,1-4H3. The molecule has 0 fully saturated rings. The first kappa shape index (κ1) is 14.5. The van der Waals surface area contributed by atoms with Crippen molar-refractivity contribution < 1.29 is 4.79 Å². The van der Waals surface area contributed by atoms with Gasteiger partial charge in [-0.2, -0.15) is 0 Å². The lowest BCUT2D eigenvalue weighted by atomic mass is 9.96. The molecule has 0 bridgehead atoms. The van der Waals surface area contributed by atoms with Gasteiger partial charge < -0.3 is 0 Å². The Hall–Kier alpha value is -1.89. The lowest BCUT2D eigenvalue weighted by Gasteiger charge is -2.08. The largest absolute Gasteiger partial charge is 0.294 e. The van der Waals surface area contributed by atoms with E-state index in [1.807, 2.05) is 32.0 Å². The highest BCUT2D eigenvalue weighted by atomic mass is 16.1. The summed E-state index contributed by atoms with van der Waals surface area (Å²) in [6.07, 6.45) is 0.475. The van der Waals surface area contributed by atoms with Crippen molar-refractivity contribution in [2.75, 3.05) is 0 Å². The maximum atomic E-state index is 12.4. The van der Waals surface area contributed by atoms with Gasteiger partial charge in [0.2, 0.25) is 0 Å². The van der Waals surface area contributed by atoms with E-state index in [9.17, 15) is 4.79 Å². The van der Waals surface area contributed by atoms with Gasteiger partial charge in [-0.15, -0.1) is 0 Å². The van der Waals surface area contributed by atoms with E-state index in [2.05, 4.69) is 38.1 Å². The number of benzene rings is 2. The van der Waals surface area contributed by atoms with Crippen LogP contribution in [0.3, 0.4) is 0 Å². The second-order valence-electron chi connectivity index (χ2n) is 5.81. The van der Waals surface area contributed by atoms with Crippen molar-refractivity contribution in [1.82, 2.24) is 0 Å². The molecule has 0 aromatic heterocycles. The Bertz CT molecular complexity index is 606. The van der Waals surface area contributed by atoms with Crippen LogP contribution in [0.25, 0.3) is 0 Å². The van der Waals surface area contributed by atoms with Gasteiger partial charge in [-0.3, -0.25) is 4.79 Å². The minimum Gasteiger partial charge on any atom is -0.294 e. The van der Waals surface area contributed by atoms with Crippen LogP contribution in [0.4, 0.5) is 0 Å². The number of ketones is 1. The summed E-state index contributed by atoms with van der Waals surface area (Å²) in [5.74, 6) is 0.724. The molecule has 0 amide bonds. The molecule has 104 valence electrons. The average molecular weight is 266 g/mol. The first-order valence-electron chi connectivity index (χ1n) is 7.16. The van der Waals surface area contributed by atoms with Gasteiger partial charge in [0.05, 0.1) is 0 Å². The van der Waals surface area contributed by atoms with E-state index in [1.54, 1.807) is 0 Å². The Kier molecular flexibility index (Phi) is 4.39. The van der Waals surface area contributed by atoms with Crippen LogP contribution in [-0.4, -0.2) is 5.78 Å². The highest BCUT2D eigenvalue weighted by Gasteiger charge is 2.10. The Morgan fingerprint density at radius 1 is 1.00 bits per heavy atom. The first-order chi connectivity index (χ1) is 9.47. The van der Waals surface area contributed by atoms with Crippen molar-refractivity contribution in [3.63, 3.8) is 0 Å². The quantitative estimate of drug-likeness (QED) is 0.723. The predicted octanol–water partition coefficient (Wildman–Crippen LogP) is 4.85. The van der Waals surface area contributed by atoms with E-state index in [0.29, 0.717) is 12.3 Å². The lowest BCUT2D eigenvalue weighted by molar-refractivity contribution is 0.0992. The van der Waals surface area contributed by atoms with Gasteiger partial charge in [0, 0.05) is 12.0 Å². The first-order valence-corrected chi connectivity index (χ1v) is 7.16. The molecule has 20 heavy (non-hydrogen) atoms. The molecule has 0 radical (unpaired) electrons. The minimum atomic E-state index is 0.198. The highest BCUT2D eigenvalue weighted by Crippen LogP contribution is 2.17. The summed E-state index contributed by atoms with van der Waals surface area (Å²) in [6, 6.07) is 14.4. The van der Waals surface area contributed by atoms with Crippen LogP contribution >= 0.6 is 0 Å². The molecule has 0 heterocycles. The molecule has 0 aliphatic heterocycles. The Balaban J connectivity index is 2.17. The van der Waals surface area contributed by atoms with Crippen molar-refractivity contribution >= 4 is 5.78 Å². The fourth-order valence-electron chi connectivity index (χ4n) is 2.34. The van der Waals surface area contributed by atoms with Gasteiger partial charge in [-0.1, -0.05) is 55.8 Å². The van der Waals surface area contributed by atoms with Crippen molar-refractivity contribution in [3.8, 4) is 0 Å². The Morgan fingerprint density at radius 3 is 2.25 bits per heavy atom. The fourth-order valence-corrected chi connectivity index (χ4v) is 2.34. The highest BCUT2D eigenvalue weighted by molar-refractivity contribution is 5.98. The van der Waals surface area contributed by atoms with E-state index in [0.717, 1.165) is 22.3 Å². The maximum absolute atomic E-state index is 12.4. The summed E-state index contributed by atoms with van der Waals surface area (Å²) in [5.41, 5.74) is 5.43. The summed E-state index contributed by atoms with van der Waals surface area (Å²) in [7, 11) is 0. The minimum absolute atomic E-state index is 0.198. The van der Waals surface area contributed by atoms with Crippen LogP contribution < -0.4 is 0 Å². The van der Waals surface area contributed by atoms with Crippen LogP contribution in [-0.2, 0) is 6.42 Å². The number of carbonyl (C=O) groups excluding carboxylic acids is 1. The van der Waals surface area contributed by atoms with E-state index < -0.39 is 0 Å². The number of hydrogen-bond acceptors (Lipinski definition) is 1. The molecule has 1 heteroatoms. The molecule has 0 spiro atoms. The fraction of sp³-hybridized carbons (Fsp3) is 0.316. The number of carbonyl (C=O) groups is 1. The molecular formula is C19H22O. The smallest absolute Gasteiger partial charge is 0.167 e. The van der Waals surface area contributed by atoms with Crippen LogP contribution in [0, 0.1) is 13.8 Å². The van der Waals surface area contributed by atoms with Gasteiger partial charge in [-0.25, -0.2) is 0 Å². The van der Waals surface area contributed by atoms with Crippen molar-refractivity contribution in [2.45, 2.75) is 40.0 Å². The summed E-state index contributed by atoms with van der Waals surface area (Å²) in [4.78, 5) is 12.4. The van der Waals surface area contributed by atoms with Crippen LogP contribution in [0.1, 0.15) is 52.4 Å². The van der Waals surface area contributed by atoms with Gasteiger partial charge >= 0.3 is 0 Å². The molecule has 0 unspecified atom stereocenters. The number of hydrogen-bond donors (Lipinski definition) is 0. The van der Waals surface area contributed by atoms with E-state index in [-0.39, 0.29) is 5.78 Å². The van der Waals surface area contributed by atoms with E-state index in [1.165, 1.54) is 5.56 Å². The summed E-state index contributed by atoms with van der Waals surface area (Å²) < 4.78 is 0. The van der Waals surface area contributed by atoms with Crippen LogP contribution in [0.5, 0.6) is 0 Å². The number of aryl methyl sites for hydroxylation is 2. The summed E-state index contributed by atoms with van der Waals surface area (Å²) in [5, 5.41) is 0. The molecule has 1 nitrogen and oxygen atoms in total. The molecule has 0 aliphatic carbocycles. The summed E-state index contributed by atoms with van der Waals surface area (Å²) in [6.45, 7) is 8.37. The van der Waals surface area contributed by atoms with Crippen molar-refractivity contribution in [2.24, 2.45) is 0 Å². The third-order valence-corrected chi connectivity index (χ3v) is 3.70. The zero-order valence-corrected chi connectivity index (χ0v) is 12.7. The third-order valence-electron chi connectivity index (χ3n) is 3.70. The molecule has 0 saturated heterocycles. The van der Waals surface area contributed by atoms with Gasteiger partial charge in [-0.05, 0) is 42.5 Å². The normalized spacial score (nSPS) is 10.8. The monoisotopic (exact) mass is 266 g/mol. The lowest BCUT2D eigenvalue weighted by Crippen LogP contribution is -2.06. The molecule has 0 N–H and O–H groups in total. The average Bonchev–Trinajstić information content (AvgIpc) is 2.42. The second kappa shape index (κ2) is 6.04. The molecular weight excluding hydrogens is 244 g/mol. The summed E-state index contributed by atoms with van der Waals surface area (Å²) >= 11 is 0. The predicted molar refractivity (Wildman–Crippen MR) is 84.5 cm³/mol. The second-order valence-corrected chi connectivity index (χ2v) is 5.81. The number of Topliss-reactive ketones (excluding diaryl/α,β-unsaturated/α-hetero) is 1. The zero-order valence-electron chi connectivity index (χ0n) is 12.7. The van der Waals surface area contributed by atoms with E-state index >= 15 is 0 Å². The molecule has 2 aromatic rings. The Labute approximate surface area is 121 Å². The van der Waals surface area contributed by atoms with Crippen LogP contribution in [0.2, 0.25) is 0 Å². The van der Waals surface area contributed by atoms with Crippen LogP contribution in [0.15, 0.2) is 42.5 Å². The van der Waals surface area contributed by atoms with E-state index in [4.69, 9.17) is 0 Å². The third kappa shape index (κ3) is 3.36.